The molecule has 0 aliphatic rings. The van der Waals surface area contributed by atoms with Gasteiger partial charge in [0.1, 0.15) is 24.3 Å². The summed E-state index contributed by atoms with van der Waals surface area (Å²) in [7, 11) is 3.02. The van der Waals surface area contributed by atoms with Crippen molar-refractivity contribution in [1.82, 2.24) is 10.1 Å². The van der Waals surface area contributed by atoms with Crippen LogP contribution >= 0.6 is 0 Å². The molecule has 1 aromatic carbocycles. The van der Waals surface area contributed by atoms with Crippen LogP contribution in [-0.2, 0) is 4.79 Å². The number of methoxy groups -OCH3 is 2. The summed E-state index contributed by atoms with van der Waals surface area (Å²) in [6, 6.07) is 6.00. The monoisotopic (exact) mass is 360 g/mol. The van der Waals surface area contributed by atoms with Gasteiger partial charge < -0.3 is 29.5 Å². The fourth-order valence-corrected chi connectivity index (χ4v) is 2.10. The molecule has 1 aromatic heterocycles. The number of hydrogen-bond donors (Lipinski definition) is 2. The van der Waals surface area contributed by atoms with E-state index in [1.54, 1.807) is 18.2 Å². The van der Waals surface area contributed by atoms with E-state index in [1.807, 2.05) is 0 Å². The van der Waals surface area contributed by atoms with Gasteiger partial charge >= 0.3 is 6.03 Å². The number of nitrogens with one attached hydrogen (secondary N) is 2. The van der Waals surface area contributed by atoms with Crippen LogP contribution in [0.1, 0.15) is 0 Å². The average Bonchev–Trinajstić information content (AvgIpc) is 3.14. The van der Waals surface area contributed by atoms with Gasteiger partial charge in [-0.3, -0.25) is 4.79 Å². The van der Waals surface area contributed by atoms with E-state index in [0.29, 0.717) is 17.2 Å². The third-order valence-corrected chi connectivity index (χ3v) is 3.33. The van der Waals surface area contributed by atoms with E-state index in [9.17, 15) is 9.59 Å². The molecule has 0 aliphatic heterocycles. The van der Waals surface area contributed by atoms with Crippen LogP contribution in [0.4, 0.5) is 16.3 Å². The fourth-order valence-electron chi connectivity index (χ4n) is 2.10. The van der Waals surface area contributed by atoms with Crippen molar-refractivity contribution in [2.24, 2.45) is 0 Å². The molecule has 1 heterocycles. The lowest BCUT2D eigenvalue weighted by molar-refractivity contribution is -0.116. The normalized spacial score (nSPS) is 9.92. The third kappa shape index (κ3) is 5.00. The van der Waals surface area contributed by atoms with Crippen LogP contribution in [0.15, 0.2) is 47.7 Å². The van der Waals surface area contributed by atoms with E-state index >= 15 is 0 Å². The molecule has 3 amide bonds. The van der Waals surface area contributed by atoms with Crippen molar-refractivity contribution in [3.05, 3.63) is 43.2 Å². The van der Waals surface area contributed by atoms with Crippen molar-refractivity contribution in [3.8, 4) is 11.5 Å². The zero-order chi connectivity index (χ0) is 18.9. The predicted molar refractivity (Wildman–Crippen MR) is 95.5 cm³/mol. The maximum atomic E-state index is 12.5. The zero-order valence-electron chi connectivity index (χ0n) is 14.5. The van der Waals surface area contributed by atoms with Gasteiger partial charge in [-0.15, -0.1) is 6.58 Å². The smallest absolute Gasteiger partial charge is 0.322 e. The van der Waals surface area contributed by atoms with Crippen LogP contribution in [0.3, 0.4) is 0 Å². The number of ether oxygens (including phenoxy) is 2. The molecular weight excluding hydrogens is 340 g/mol. The molecule has 9 heteroatoms. The zero-order valence-corrected chi connectivity index (χ0v) is 14.5. The van der Waals surface area contributed by atoms with E-state index in [2.05, 4.69) is 26.9 Å². The van der Waals surface area contributed by atoms with Gasteiger partial charge in [0.25, 0.3) is 0 Å². The van der Waals surface area contributed by atoms with Gasteiger partial charge in [-0.25, -0.2) is 4.79 Å². The summed E-state index contributed by atoms with van der Waals surface area (Å²) in [6.07, 6.45) is 2.86. The second-order valence-electron chi connectivity index (χ2n) is 5.10. The van der Waals surface area contributed by atoms with Crippen molar-refractivity contribution in [2.75, 3.05) is 37.9 Å². The van der Waals surface area contributed by atoms with Crippen molar-refractivity contribution in [3.63, 3.8) is 0 Å². The Bertz CT molecular complexity index is 761. The lowest BCUT2D eigenvalue weighted by atomic mass is 10.2. The third-order valence-electron chi connectivity index (χ3n) is 3.33. The molecule has 0 fully saturated rings. The van der Waals surface area contributed by atoms with Crippen LogP contribution in [0.5, 0.6) is 11.5 Å². The Morgan fingerprint density at radius 3 is 2.69 bits per heavy atom. The number of aromatic nitrogens is 1. The summed E-state index contributed by atoms with van der Waals surface area (Å²) in [5, 5.41) is 8.82. The topological polar surface area (TPSA) is 106 Å². The SMILES string of the molecule is C=CCN(CC(=O)Nc1ccon1)C(=O)Nc1ccc(OC)cc1OC. The Morgan fingerprint density at radius 2 is 2.08 bits per heavy atom. The number of carbonyl (C=O) groups excluding carboxylic acids is 2. The molecule has 26 heavy (non-hydrogen) atoms. The largest absolute Gasteiger partial charge is 0.497 e. The molecule has 0 aliphatic carbocycles. The van der Waals surface area contributed by atoms with Crippen molar-refractivity contribution in [2.45, 2.75) is 0 Å². The lowest BCUT2D eigenvalue weighted by Gasteiger charge is -2.21. The number of anilines is 2. The first kappa shape index (κ1) is 18.8. The molecule has 0 atom stereocenters. The maximum Gasteiger partial charge on any atom is 0.322 e. The number of benzene rings is 1. The first-order valence-electron chi connectivity index (χ1n) is 7.66. The molecule has 9 nitrogen and oxygen atoms in total. The molecule has 0 spiro atoms. The second kappa shape index (κ2) is 9.11. The van der Waals surface area contributed by atoms with Crippen LogP contribution in [0, 0.1) is 0 Å². The molecule has 2 rings (SSSR count). The van der Waals surface area contributed by atoms with E-state index in [0.717, 1.165) is 0 Å². The van der Waals surface area contributed by atoms with Crippen molar-refractivity contribution in [1.29, 1.82) is 0 Å². The Labute approximate surface area is 150 Å². The van der Waals surface area contributed by atoms with Gasteiger partial charge in [-0.1, -0.05) is 11.2 Å². The molecule has 0 radical (unpaired) electrons. The van der Waals surface area contributed by atoms with Crippen LogP contribution < -0.4 is 20.1 Å². The minimum absolute atomic E-state index is 0.177. The molecule has 0 saturated heterocycles. The fraction of sp³-hybridized carbons (Fsp3) is 0.235. The molecule has 0 bridgehead atoms. The average molecular weight is 360 g/mol. The highest BCUT2D eigenvalue weighted by Gasteiger charge is 2.18. The predicted octanol–water partition coefficient (Wildman–Crippen LogP) is 2.35. The molecule has 138 valence electrons. The number of nitrogens with zero attached hydrogens (tertiary/aromatic N) is 2. The van der Waals surface area contributed by atoms with Gasteiger partial charge in [0.05, 0.1) is 19.9 Å². The minimum atomic E-state index is -0.483. The summed E-state index contributed by atoms with van der Waals surface area (Å²) in [4.78, 5) is 25.9. The highest BCUT2D eigenvalue weighted by atomic mass is 16.5. The van der Waals surface area contributed by atoms with Gasteiger partial charge in [-0.2, -0.15) is 0 Å². The summed E-state index contributed by atoms with van der Waals surface area (Å²) in [5.41, 5.74) is 0.448. The Balaban J connectivity index is 2.05. The summed E-state index contributed by atoms with van der Waals surface area (Å²) in [5.74, 6) is 0.876. The Morgan fingerprint density at radius 1 is 1.27 bits per heavy atom. The molecular formula is C17H20N4O5. The minimum Gasteiger partial charge on any atom is -0.497 e. The maximum absolute atomic E-state index is 12.5. The second-order valence-corrected chi connectivity index (χ2v) is 5.10. The van der Waals surface area contributed by atoms with E-state index in [4.69, 9.17) is 9.47 Å². The molecule has 0 unspecified atom stereocenters. The van der Waals surface area contributed by atoms with Crippen molar-refractivity contribution >= 4 is 23.4 Å². The summed E-state index contributed by atoms with van der Waals surface area (Å²) >= 11 is 0. The van der Waals surface area contributed by atoms with E-state index in [-0.39, 0.29) is 18.9 Å². The van der Waals surface area contributed by atoms with Crippen LogP contribution in [-0.4, -0.2) is 49.3 Å². The standard InChI is InChI=1S/C17H20N4O5/c1-4-8-21(11-16(22)19-15-7-9-26-20-15)17(23)18-13-6-5-12(24-2)10-14(13)25-3/h4-7,9-10H,1,8,11H2,2-3H3,(H,18,23)(H,19,20,22). The van der Waals surface area contributed by atoms with Crippen LogP contribution in [0.2, 0.25) is 0 Å². The number of hydrogen-bond acceptors (Lipinski definition) is 6. The van der Waals surface area contributed by atoms with Crippen molar-refractivity contribution < 1.29 is 23.6 Å². The molecule has 2 aromatic rings. The van der Waals surface area contributed by atoms with E-state index < -0.39 is 11.9 Å². The Kier molecular flexibility index (Phi) is 6.60. The Hall–Kier alpha value is -3.49. The number of rotatable bonds is 8. The highest BCUT2D eigenvalue weighted by Crippen LogP contribution is 2.29. The number of amides is 3. The first-order chi connectivity index (χ1) is 12.6. The quantitative estimate of drug-likeness (QED) is 0.700. The van der Waals surface area contributed by atoms with Crippen LogP contribution in [0.25, 0.3) is 0 Å². The van der Waals surface area contributed by atoms with Gasteiger partial charge in [-0.05, 0) is 12.1 Å². The first-order valence-corrected chi connectivity index (χ1v) is 7.66. The highest BCUT2D eigenvalue weighted by molar-refractivity contribution is 5.97. The number of carbonyl (C=O) groups is 2. The van der Waals surface area contributed by atoms with Gasteiger partial charge in [0.2, 0.25) is 5.91 Å². The summed E-state index contributed by atoms with van der Waals surface area (Å²) < 4.78 is 15.0. The summed E-state index contributed by atoms with van der Waals surface area (Å²) in [6.45, 7) is 3.59. The van der Waals surface area contributed by atoms with Gasteiger partial charge in [0, 0.05) is 18.7 Å². The number of urea groups is 1. The lowest BCUT2D eigenvalue weighted by Crippen LogP contribution is -2.40. The molecule has 0 saturated carbocycles. The van der Waals surface area contributed by atoms with Gasteiger partial charge in [0.15, 0.2) is 5.82 Å². The van der Waals surface area contributed by atoms with E-state index in [1.165, 1.54) is 37.5 Å². The molecule has 2 N–H and O–H groups in total.